The Balaban J connectivity index is 2.72. The summed E-state index contributed by atoms with van der Waals surface area (Å²) in [5.41, 5.74) is 7.38. The number of benzene rings is 1. The monoisotopic (exact) mass is 249 g/mol. The average Bonchev–Trinajstić information content (AvgIpc) is 2.35. The van der Waals surface area contributed by atoms with Gasteiger partial charge in [0.15, 0.2) is 0 Å². The van der Waals surface area contributed by atoms with Crippen molar-refractivity contribution >= 4 is 11.6 Å². The third-order valence-electron chi connectivity index (χ3n) is 3.02. The lowest BCUT2D eigenvalue weighted by atomic mass is 10.0. The molecule has 1 atom stereocenters. The van der Waals surface area contributed by atoms with Crippen molar-refractivity contribution in [3.63, 3.8) is 0 Å². The second-order valence-electron chi connectivity index (χ2n) is 5.00. The molecule has 1 unspecified atom stereocenters. The number of hydrogen-bond acceptors (Lipinski definition) is 3. The van der Waals surface area contributed by atoms with Gasteiger partial charge in [-0.2, -0.15) is 0 Å². The minimum atomic E-state index is -0.0653. The summed E-state index contributed by atoms with van der Waals surface area (Å²) in [5.74, 6) is 0.268. The van der Waals surface area contributed by atoms with Crippen LogP contribution in [0.25, 0.3) is 0 Å². The third-order valence-corrected chi connectivity index (χ3v) is 3.02. The molecule has 0 aromatic heterocycles. The third kappa shape index (κ3) is 3.74. The molecule has 0 heterocycles. The number of rotatable bonds is 5. The van der Waals surface area contributed by atoms with Crippen molar-refractivity contribution in [2.24, 2.45) is 11.7 Å². The maximum Gasteiger partial charge on any atom is 0.251 e. The van der Waals surface area contributed by atoms with Gasteiger partial charge in [-0.05, 0) is 30.2 Å². The predicted molar refractivity (Wildman–Crippen MR) is 75.9 cm³/mol. The number of amides is 1. The van der Waals surface area contributed by atoms with Gasteiger partial charge in [-0.25, -0.2) is 0 Å². The topological polar surface area (TPSA) is 58.4 Å². The van der Waals surface area contributed by atoms with Crippen LogP contribution in [0, 0.1) is 5.92 Å². The number of carbonyl (C=O) groups is 1. The van der Waals surface area contributed by atoms with Crippen molar-refractivity contribution < 1.29 is 4.79 Å². The van der Waals surface area contributed by atoms with Crippen LogP contribution >= 0.6 is 0 Å². The van der Waals surface area contributed by atoms with Gasteiger partial charge in [0.05, 0.1) is 0 Å². The summed E-state index contributed by atoms with van der Waals surface area (Å²) < 4.78 is 0. The molecular weight excluding hydrogens is 226 g/mol. The summed E-state index contributed by atoms with van der Waals surface area (Å²) in [5, 5.41) is 2.95. The van der Waals surface area contributed by atoms with Gasteiger partial charge >= 0.3 is 0 Å². The van der Waals surface area contributed by atoms with Crippen LogP contribution in [-0.2, 0) is 0 Å². The van der Waals surface area contributed by atoms with Gasteiger partial charge in [-0.15, -0.1) is 0 Å². The van der Waals surface area contributed by atoms with Crippen LogP contribution in [0.1, 0.15) is 24.2 Å². The SMILES string of the molecule is CC(C)C(CN)NC(=O)c1ccc(N(C)C)cc1. The van der Waals surface area contributed by atoms with E-state index in [1.807, 2.05) is 57.1 Å². The van der Waals surface area contributed by atoms with Crippen molar-refractivity contribution in [1.82, 2.24) is 5.32 Å². The zero-order chi connectivity index (χ0) is 13.7. The number of nitrogens with zero attached hydrogens (tertiary/aromatic N) is 1. The highest BCUT2D eigenvalue weighted by molar-refractivity contribution is 5.94. The maximum atomic E-state index is 12.0. The first-order chi connectivity index (χ1) is 8.45. The summed E-state index contributed by atoms with van der Waals surface area (Å²) in [4.78, 5) is 14.0. The summed E-state index contributed by atoms with van der Waals surface area (Å²) >= 11 is 0. The van der Waals surface area contributed by atoms with Crippen molar-refractivity contribution in [1.29, 1.82) is 0 Å². The fourth-order valence-electron chi connectivity index (χ4n) is 1.66. The highest BCUT2D eigenvalue weighted by atomic mass is 16.1. The van der Waals surface area contributed by atoms with Gasteiger partial charge in [0.1, 0.15) is 0 Å². The van der Waals surface area contributed by atoms with E-state index in [2.05, 4.69) is 5.32 Å². The van der Waals surface area contributed by atoms with Crippen LogP contribution in [-0.4, -0.2) is 32.6 Å². The minimum Gasteiger partial charge on any atom is -0.378 e. The van der Waals surface area contributed by atoms with Gasteiger partial charge in [0, 0.05) is 37.9 Å². The van der Waals surface area contributed by atoms with Crippen molar-refractivity contribution in [2.75, 3.05) is 25.5 Å². The molecule has 0 saturated carbocycles. The highest BCUT2D eigenvalue weighted by Gasteiger charge is 2.15. The molecule has 1 aromatic rings. The van der Waals surface area contributed by atoms with E-state index in [9.17, 15) is 4.79 Å². The number of nitrogens with two attached hydrogens (primary N) is 1. The van der Waals surface area contributed by atoms with Crippen LogP contribution < -0.4 is 16.0 Å². The van der Waals surface area contributed by atoms with E-state index in [-0.39, 0.29) is 11.9 Å². The van der Waals surface area contributed by atoms with E-state index in [4.69, 9.17) is 5.73 Å². The highest BCUT2D eigenvalue weighted by Crippen LogP contribution is 2.12. The Labute approximate surface area is 109 Å². The van der Waals surface area contributed by atoms with Crippen molar-refractivity contribution in [3.8, 4) is 0 Å². The fourth-order valence-corrected chi connectivity index (χ4v) is 1.66. The molecule has 4 nitrogen and oxygen atoms in total. The summed E-state index contributed by atoms with van der Waals surface area (Å²) in [6.07, 6.45) is 0. The molecule has 0 radical (unpaired) electrons. The molecule has 1 aromatic carbocycles. The van der Waals surface area contributed by atoms with E-state index in [1.165, 1.54) is 0 Å². The molecular formula is C14H23N3O. The number of anilines is 1. The van der Waals surface area contributed by atoms with E-state index in [0.29, 0.717) is 18.0 Å². The molecule has 4 heteroatoms. The van der Waals surface area contributed by atoms with Gasteiger partial charge in [0.2, 0.25) is 0 Å². The van der Waals surface area contributed by atoms with Crippen molar-refractivity contribution in [2.45, 2.75) is 19.9 Å². The second-order valence-corrected chi connectivity index (χ2v) is 5.00. The first kappa shape index (κ1) is 14.5. The van der Waals surface area contributed by atoms with E-state index >= 15 is 0 Å². The Morgan fingerprint density at radius 1 is 1.28 bits per heavy atom. The Hall–Kier alpha value is -1.55. The van der Waals surface area contributed by atoms with Gasteiger partial charge in [-0.1, -0.05) is 13.8 Å². The van der Waals surface area contributed by atoms with E-state index in [1.54, 1.807) is 0 Å². The number of hydrogen-bond donors (Lipinski definition) is 2. The Morgan fingerprint density at radius 2 is 1.83 bits per heavy atom. The zero-order valence-electron chi connectivity index (χ0n) is 11.6. The van der Waals surface area contributed by atoms with Gasteiger partial charge in [-0.3, -0.25) is 4.79 Å². The first-order valence-corrected chi connectivity index (χ1v) is 6.24. The predicted octanol–water partition coefficient (Wildman–Crippen LogP) is 1.47. The number of nitrogens with one attached hydrogen (secondary N) is 1. The molecule has 0 aliphatic heterocycles. The van der Waals surface area contributed by atoms with E-state index in [0.717, 1.165) is 5.69 Å². The quantitative estimate of drug-likeness (QED) is 0.830. The number of carbonyl (C=O) groups excluding carboxylic acids is 1. The maximum absolute atomic E-state index is 12.0. The standard InChI is InChI=1S/C14H23N3O/c1-10(2)13(9-15)16-14(18)11-5-7-12(8-6-11)17(3)4/h5-8,10,13H,9,15H2,1-4H3,(H,16,18). The first-order valence-electron chi connectivity index (χ1n) is 6.24. The van der Waals surface area contributed by atoms with Crippen LogP contribution in [0.5, 0.6) is 0 Å². The Bertz CT molecular complexity index is 385. The molecule has 100 valence electrons. The van der Waals surface area contributed by atoms with Crippen LogP contribution in [0.2, 0.25) is 0 Å². The van der Waals surface area contributed by atoms with Crippen LogP contribution in [0.4, 0.5) is 5.69 Å². The minimum absolute atomic E-state index is 0.0195. The molecule has 18 heavy (non-hydrogen) atoms. The molecule has 3 N–H and O–H groups in total. The van der Waals surface area contributed by atoms with Gasteiger partial charge < -0.3 is 16.0 Å². The van der Waals surface area contributed by atoms with Gasteiger partial charge in [0.25, 0.3) is 5.91 Å². The molecule has 1 rings (SSSR count). The molecule has 1 amide bonds. The Kier molecular flexibility index (Phi) is 5.16. The molecule has 0 aliphatic carbocycles. The lowest BCUT2D eigenvalue weighted by molar-refractivity contribution is 0.0928. The molecule has 0 fully saturated rings. The summed E-state index contributed by atoms with van der Waals surface area (Å²) in [6, 6.07) is 7.55. The lowest BCUT2D eigenvalue weighted by Crippen LogP contribution is -2.43. The largest absolute Gasteiger partial charge is 0.378 e. The molecule has 0 bridgehead atoms. The lowest BCUT2D eigenvalue weighted by Gasteiger charge is -2.20. The summed E-state index contributed by atoms with van der Waals surface area (Å²) in [7, 11) is 3.94. The Morgan fingerprint density at radius 3 is 2.22 bits per heavy atom. The van der Waals surface area contributed by atoms with Crippen LogP contribution in [0.15, 0.2) is 24.3 Å². The van der Waals surface area contributed by atoms with Crippen molar-refractivity contribution in [3.05, 3.63) is 29.8 Å². The zero-order valence-corrected chi connectivity index (χ0v) is 11.6. The smallest absolute Gasteiger partial charge is 0.251 e. The van der Waals surface area contributed by atoms with E-state index < -0.39 is 0 Å². The molecule has 0 aliphatic rings. The second kappa shape index (κ2) is 6.40. The fraction of sp³-hybridized carbons (Fsp3) is 0.500. The molecule has 0 spiro atoms. The normalized spacial score (nSPS) is 12.3. The average molecular weight is 249 g/mol. The molecule has 0 saturated heterocycles. The van der Waals surface area contributed by atoms with Crippen LogP contribution in [0.3, 0.4) is 0 Å². The summed E-state index contributed by atoms with van der Waals surface area (Å²) in [6.45, 7) is 4.55.